The van der Waals surface area contributed by atoms with Crippen LogP contribution in [0.5, 0.6) is 5.75 Å². The number of phenolic OH excluding ortho intramolecular Hbond substituents is 1. The van der Waals surface area contributed by atoms with E-state index in [1.807, 2.05) is 12.1 Å². The highest BCUT2D eigenvalue weighted by Crippen LogP contribution is 2.24. The molecule has 90 valence electrons. The molecule has 0 fully saturated rings. The number of amides is 1. The molecule has 2 aliphatic rings. The summed E-state index contributed by atoms with van der Waals surface area (Å²) in [6.45, 7) is 0. The SMILES string of the molecule is NC1=NC(=O)CS1.Oc1ccc2c(c1)CCC2. The fraction of sp³-hybridized carbons (Fsp3) is 0.333. The molecule has 1 aliphatic carbocycles. The van der Waals surface area contributed by atoms with Crippen molar-refractivity contribution >= 4 is 22.8 Å². The number of amidine groups is 1. The zero-order valence-electron chi connectivity index (χ0n) is 9.35. The van der Waals surface area contributed by atoms with E-state index in [1.54, 1.807) is 6.07 Å². The van der Waals surface area contributed by atoms with E-state index in [4.69, 9.17) is 10.8 Å². The minimum Gasteiger partial charge on any atom is -0.508 e. The number of fused-ring (bicyclic) bond motifs is 1. The van der Waals surface area contributed by atoms with E-state index in [0.29, 0.717) is 16.7 Å². The maximum atomic E-state index is 10.2. The lowest BCUT2D eigenvalue weighted by molar-refractivity contribution is -0.115. The number of benzene rings is 1. The predicted octanol–water partition coefficient (Wildman–Crippen LogP) is 1.46. The largest absolute Gasteiger partial charge is 0.508 e. The van der Waals surface area contributed by atoms with Gasteiger partial charge in [-0.05, 0) is 42.5 Å². The molecule has 1 aromatic carbocycles. The molecule has 1 aromatic rings. The van der Waals surface area contributed by atoms with Crippen LogP contribution in [0.4, 0.5) is 0 Å². The van der Waals surface area contributed by atoms with Gasteiger partial charge in [-0.15, -0.1) is 0 Å². The Morgan fingerprint density at radius 2 is 2.06 bits per heavy atom. The van der Waals surface area contributed by atoms with Crippen molar-refractivity contribution in [2.45, 2.75) is 19.3 Å². The normalized spacial score (nSPS) is 17.2. The van der Waals surface area contributed by atoms with Crippen LogP contribution in [-0.2, 0) is 17.6 Å². The van der Waals surface area contributed by atoms with Crippen LogP contribution in [0.2, 0.25) is 0 Å². The van der Waals surface area contributed by atoms with Gasteiger partial charge in [-0.2, -0.15) is 4.99 Å². The number of aliphatic imine (C=N–C) groups is 1. The first-order chi connectivity index (χ1) is 8.15. The molecule has 0 saturated carbocycles. The molecule has 1 amide bonds. The predicted molar refractivity (Wildman–Crippen MR) is 69.2 cm³/mol. The maximum absolute atomic E-state index is 10.2. The summed E-state index contributed by atoms with van der Waals surface area (Å²) in [4.78, 5) is 13.6. The molecule has 0 spiro atoms. The lowest BCUT2D eigenvalue weighted by atomic mass is 10.1. The first-order valence-electron chi connectivity index (χ1n) is 5.46. The second kappa shape index (κ2) is 5.23. The summed E-state index contributed by atoms with van der Waals surface area (Å²) < 4.78 is 0. The first-order valence-corrected chi connectivity index (χ1v) is 6.44. The van der Waals surface area contributed by atoms with Crippen molar-refractivity contribution in [3.8, 4) is 5.75 Å². The summed E-state index contributed by atoms with van der Waals surface area (Å²) in [5.41, 5.74) is 7.87. The standard InChI is InChI=1S/C9H10O.C3H4N2OS/c10-9-5-4-7-2-1-3-8(7)6-9;4-3-5-2(6)1-7-3/h4-6,10H,1-3H2;1H2,(H2,4,5,6). The highest BCUT2D eigenvalue weighted by atomic mass is 32.2. The zero-order valence-corrected chi connectivity index (χ0v) is 10.2. The third kappa shape index (κ3) is 3.23. The maximum Gasteiger partial charge on any atom is 0.258 e. The first kappa shape index (κ1) is 12.0. The molecule has 0 aromatic heterocycles. The average molecular weight is 250 g/mol. The number of aryl methyl sites for hydroxylation is 2. The van der Waals surface area contributed by atoms with Crippen molar-refractivity contribution in [1.82, 2.24) is 0 Å². The molecule has 0 saturated heterocycles. The molecule has 1 heterocycles. The van der Waals surface area contributed by atoms with Gasteiger partial charge < -0.3 is 10.8 Å². The molecule has 1 aliphatic heterocycles. The molecular weight excluding hydrogens is 236 g/mol. The molecule has 3 N–H and O–H groups in total. The molecule has 4 nitrogen and oxygen atoms in total. The van der Waals surface area contributed by atoms with Gasteiger partial charge in [0.2, 0.25) is 0 Å². The van der Waals surface area contributed by atoms with Crippen LogP contribution >= 0.6 is 11.8 Å². The molecule has 5 heteroatoms. The van der Waals surface area contributed by atoms with Crippen LogP contribution in [0.3, 0.4) is 0 Å². The number of thioether (sulfide) groups is 1. The van der Waals surface area contributed by atoms with Crippen LogP contribution in [0.15, 0.2) is 23.2 Å². The summed E-state index contributed by atoms with van der Waals surface area (Å²) in [5, 5.41) is 9.49. The Morgan fingerprint density at radius 3 is 2.65 bits per heavy atom. The Morgan fingerprint density at radius 1 is 1.29 bits per heavy atom. The monoisotopic (exact) mass is 250 g/mol. The van der Waals surface area contributed by atoms with Gasteiger partial charge in [0, 0.05) is 0 Å². The highest BCUT2D eigenvalue weighted by molar-refractivity contribution is 8.14. The van der Waals surface area contributed by atoms with Crippen molar-refractivity contribution < 1.29 is 9.90 Å². The van der Waals surface area contributed by atoms with Gasteiger partial charge in [0.05, 0.1) is 5.75 Å². The topological polar surface area (TPSA) is 75.7 Å². The molecule has 17 heavy (non-hydrogen) atoms. The molecule has 0 atom stereocenters. The second-order valence-corrected chi connectivity index (χ2v) is 4.93. The van der Waals surface area contributed by atoms with Crippen LogP contribution < -0.4 is 5.73 Å². The van der Waals surface area contributed by atoms with E-state index in [-0.39, 0.29) is 5.91 Å². The van der Waals surface area contributed by atoms with Gasteiger partial charge in [0.15, 0.2) is 5.17 Å². The van der Waals surface area contributed by atoms with Crippen molar-refractivity contribution in [1.29, 1.82) is 0 Å². The summed E-state index contributed by atoms with van der Waals surface area (Å²) in [6.07, 6.45) is 3.58. The minimum atomic E-state index is -0.123. The van der Waals surface area contributed by atoms with E-state index in [2.05, 4.69) is 4.99 Å². The number of phenols is 1. The van der Waals surface area contributed by atoms with Gasteiger partial charge in [-0.3, -0.25) is 4.79 Å². The Balaban J connectivity index is 0.000000136. The van der Waals surface area contributed by atoms with Gasteiger partial charge in [-0.25, -0.2) is 0 Å². The second-order valence-electron chi connectivity index (χ2n) is 3.94. The van der Waals surface area contributed by atoms with E-state index < -0.39 is 0 Å². The number of nitrogens with zero attached hydrogens (tertiary/aromatic N) is 1. The number of carbonyl (C=O) groups is 1. The molecule has 0 bridgehead atoms. The smallest absolute Gasteiger partial charge is 0.258 e. The average Bonchev–Trinajstić information content (AvgIpc) is 2.87. The molecule has 3 rings (SSSR count). The van der Waals surface area contributed by atoms with Crippen LogP contribution in [-0.4, -0.2) is 21.9 Å². The fourth-order valence-corrected chi connectivity index (χ4v) is 2.38. The number of hydrogen-bond acceptors (Lipinski definition) is 4. The van der Waals surface area contributed by atoms with Crippen LogP contribution in [0, 0.1) is 0 Å². The number of aromatic hydroxyl groups is 1. The van der Waals surface area contributed by atoms with Gasteiger partial charge in [-0.1, -0.05) is 17.8 Å². The number of nitrogens with two attached hydrogens (primary N) is 1. The summed E-state index contributed by atoms with van der Waals surface area (Å²) in [6, 6.07) is 5.67. The van der Waals surface area contributed by atoms with Gasteiger partial charge >= 0.3 is 0 Å². The van der Waals surface area contributed by atoms with E-state index in [1.165, 1.54) is 35.7 Å². The Kier molecular flexibility index (Phi) is 3.68. The quantitative estimate of drug-likeness (QED) is 0.731. The number of hydrogen-bond donors (Lipinski definition) is 2. The zero-order chi connectivity index (χ0) is 12.3. The summed E-state index contributed by atoms with van der Waals surface area (Å²) in [5.74, 6) is 0.703. The lowest BCUT2D eigenvalue weighted by Crippen LogP contribution is -2.01. The van der Waals surface area contributed by atoms with E-state index >= 15 is 0 Å². The molecule has 0 radical (unpaired) electrons. The van der Waals surface area contributed by atoms with Crippen LogP contribution in [0.25, 0.3) is 0 Å². The summed E-state index contributed by atoms with van der Waals surface area (Å²) >= 11 is 1.28. The van der Waals surface area contributed by atoms with Gasteiger partial charge in [0.1, 0.15) is 5.75 Å². The molecular formula is C12H14N2O2S. The van der Waals surface area contributed by atoms with Crippen molar-refractivity contribution in [3.05, 3.63) is 29.3 Å². The Hall–Kier alpha value is -1.49. The van der Waals surface area contributed by atoms with E-state index in [0.717, 1.165) is 6.42 Å². The van der Waals surface area contributed by atoms with E-state index in [9.17, 15) is 4.79 Å². The van der Waals surface area contributed by atoms with Crippen molar-refractivity contribution in [2.24, 2.45) is 10.7 Å². The third-order valence-electron chi connectivity index (χ3n) is 2.66. The van der Waals surface area contributed by atoms with Crippen LogP contribution in [0.1, 0.15) is 17.5 Å². The Bertz CT molecular complexity index is 472. The highest BCUT2D eigenvalue weighted by Gasteiger charge is 2.10. The number of rotatable bonds is 0. The molecule has 0 unspecified atom stereocenters. The van der Waals surface area contributed by atoms with Crippen molar-refractivity contribution in [2.75, 3.05) is 5.75 Å². The Labute approximate surface area is 104 Å². The third-order valence-corrected chi connectivity index (χ3v) is 3.44. The number of carbonyl (C=O) groups excluding carboxylic acids is 1. The lowest BCUT2D eigenvalue weighted by Gasteiger charge is -1.97. The van der Waals surface area contributed by atoms with Crippen molar-refractivity contribution in [3.63, 3.8) is 0 Å². The minimum absolute atomic E-state index is 0.123. The van der Waals surface area contributed by atoms with Gasteiger partial charge in [0.25, 0.3) is 5.91 Å². The fourth-order valence-electron chi connectivity index (χ4n) is 1.88. The summed E-state index contributed by atoms with van der Waals surface area (Å²) in [7, 11) is 0.